The number of sulfonamides is 1. The van der Waals surface area contributed by atoms with Gasteiger partial charge in [0.1, 0.15) is 5.82 Å². The summed E-state index contributed by atoms with van der Waals surface area (Å²) in [5, 5.41) is 0. The standard InChI is InChI=1S/C12H12F3N3O2S/c1-8(11-16-5-6-17-11)18-21(19,20)10-4-2-3-9(7-10)12(13,14)15/h2-8,18H,1H3,(H,16,17). The second-order valence-corrected chi connectivity index (χ2v) is 6.06. The molecular formula is C12H12F3N3O2S. The zero-order valence-corrected chi connectivity index (χ0v) is 11.7. The minimum Gasteiger partial charge on any atom is -0.347 e. The zero-order valence-electron chi connectivity index (χ0n) is 10.8. The van der Waals surface area contributed by atoms with Gasteiger partial charge in [0.05, 0.1) is 16.5 Å². The van der Waals surface area contributed by atoms with E-state index in [4.69, 9.17) is 0 Å². The average molecular weight is 319 g/mol. The predicted octanol–water partition coefficient (Wildman–Crippen LogP) is 2.47. The summed E-state index contributed by atoms with van der Waals surface area (Å²) in [7, 11) is -4.08. The molecule has 0 bridgehead atoms. The maximum absolute atomic E-state index is 12.6. The van der Waals surface area contributed by atoms with E-state index < -0.39 is 32.7 Å². The molecule has 0 radical (unpaired) electrons. The lowest BCUT2D eigenvalue weighted by Gasteiger charge is -2.13. The van der Waals surface area contributed by atoms with Crippen molar-refractivity contribution in [2.45, 2.75) is 24.0 Å². The summed E-state index contributed by atoms with van der Waals surface area (Å²) in [5.74, 6) is 0.366. The molecule has 0 fully saturated rings. The van der Waals surface area contributed by atoms with Gasteiger partial charge in [-0.2, -0.15) is 13.2 Å². The predicted molar refractivity (Wildman–Crippen MR) is 68.8 cm³/mol. The van der Waals surface area contributed by atoms with Gasteiger partial charge in [-0.05, 0) is 25.1 Å². The third kappa shape index (κ3) is 3.61. The van der Waals surface area contributed by atoms with Crippen molar-refractivity contribution in [3.05, 3.63) is 48.0 Å². The molecule has 0 spiro atoms. The quantitative estimate of drug-likeness (QED) is 0.909. The Hall–Kier alpha value is -1.87. The van der Waals surface area contributed by atoms with E-state index in [1.165, 1.54) is 19.3 Å². The molecule has 0 aliphatic rings. The summed E-state index contributed by atoms with van der Waals surface area (Å²) in [4.78, 5) is 6.17. The SMILES string of the molecule is CC(NS(=O)(=O)c1cccc(C(F)(F)F)c1)c1ncc[nH]1. The molecule has 0 amide bonds. The number of aromatic amines is 1. The normalized spacial score (nSPS) is 14.1. The van der Waals surface area contributed by atoms with Crippen molar-refractivity contribution >= 4 is 10.0 Å². The molecule has 0 aliphatic carbocycles. The Labute approximate surface area is 119 Å². The molecule has 1 heterocycles. The van der Waals surface area contributed by atoms with Crippen LogP contribution in [0.3, 0.4) is 0 Å². The smallest absolute Gasteiger partial charge is 0.347 e. The van der Waals surface area contributed by atoms with Crippen LogP contribution in [0.1, 0.15) is 24.4 Å². The van der Waals surface area contributed by atoms with E-state index in [2.05, 4.69) is 14.7 Å². The fourth-order valence-electron chi connectivity index (χ4n) is 1.71. The molecule has 1 atom stereocenters. The van der Waals surface area contributed by atoms with Crippen LogP contribution in [0.4, 0.5) is 13.2 Å². The van der Waals surface area contributed by atoms with Crippen LogP contribution >= 0.6 is 0 Å². The summed E-state index contributed by atoms with van der Waals surface area (Å²) in [6.45, 7) is 1.53. The van der Waals surface area contributed by atoms with Crippen LogP contribution in [-0.2, 0) is 16.2 Å². The van der Waals surface area contributed by atoms with Crippen molar-refractivity contribution < 1.29 is 21.6 Å². The van der Waals surface area contributed by atoms with Crippen molar-refractivity contribution in [2.75, 3.05) is 0 Å². The molecule has 0 saturated heterocycles. The third-order valence-electron chi connectivity index (χ3n) is 2.73. The second kappa shape index (κ2) is 5.49. The Morgan fingerprint density at radius 1 is 1.33 bits per heavy atom. The number of rotatable bonds is 4. The summed E-state index contributed by atoms with van der Waals surface area (Å²) in [6.07, 6.45) is -1.63. The summed E-state index contributed by atoms with van der Waals surface area (Å²) >= 11 is 0. The first kappa shape index (κ1) is 15.5. The number of halogens is 3. The van der Waals surface area contributed by atoms with Gasteiger partial charge in [-0.25, -0.2) is 18.1 Å². The maximum Gasteiger partial charge on any atom is 0.416 e. The highest BCUT2D eigenvalue weighted by Crippen LogP contribution is 2.30. The van der Waals surface area contributed by atoms with Gasteiger partial charge in [0, 0.05) is 12.4 Å². The van der Waals surface area contributed by atoms with Crippen molar-refractivity contribution in [3.63, 3.8) is 0 Å². The number of aromatic nitrogens is 2. The number of nitrogens with one attached hydrogen (secondary N) is 2. The van der Waals surface area contributed by atoms with Crippen LogP contribution < -0.4 is 4.72 Å². The van der Waals surface area contributed by atoms with E-state index in [1.54, 1.807) is 0 Å². The van der Waals surface area contributed by atoms with E-state index in [-0.39, 0.29) is 0 Å². The van der Waals surface area contributed by atoms with Crippen LogP contribution in [0.2, 0.25) is 0 Å². The first-order chi connectivity index (χ1) is 9.70. The minimum absolute atomic E-state index is 0.366. The topological polar surface area (TPSA) is 74.8 Å². The van der Waals surface area contributed by atoms with Crippen LogP contribution in [0.5, 0.6) is 0 Å². The third-order valence-corrected chi connectivity index (χ3v) is 4.27. The van der Waals surface area contributed by atoms with Crippen molar-refractivity contribution in [2.24, 2.45) is 0 Å². The van der Waals surface area contributed by atoms with Crippen molar-refractivity contribution in [3.8, 4) is 0 Å². The maximum atomic E-state index is 12.6. The first-order valence-corrected chi connectivity index (χ1v) is 7.37. The molecule has 9 heteroatoms. The molecule has 21 heavy (non-hydrogen) atoms. The molecule has 2 aromatic rings. The minimum atomic E-state index is -4.60. The lowest BCUT2D eigenvalue weighted by atomic mass is 10.2. The van der Waals surface area contributed by atoms with Gasteiger partial charge >= 0.3 is 6.18 Å². The molecule has 1 aromatic heterocycles. The van der Waals surface area contributed by atoms with E-state index >= 15 is 0 Å². The average Bonchev–Trinajstić information content (AvgIpc) is 2.91. The van der Waals surface area contributed by atoms with Crippen LogP contribution in [0, 0.1) is 0 Å². The van der Waals surface area contributed by atoms with Crippen LogP contribution in [0.15, 0.2) is 41.6 Å². The summed E-state index contributed by atoms with van der Waals surface area (Å²) < 4.78 is 64.3. The Morgan fingerprint density at radius 2 is 2.05 bits per heavy atom. The summed E-state index contributed by atoms with van der Waals surface area (Å²) in [6, 6.07) is 2.87. The Balaban J connectivity index is 2.28. The van der Waals surface area contributed by atoms with Gasteiger partial charge in [-0.15, -0.1) is 0 Å². The number of nitrogens with zero attached hydrogens (tertiary/aromatic N) is 1. The highest BCUT2D eigenvalue weighted by atomic mass is 32.2. The van der Waals surface area contributed by atoms with Crippen LogP contribution in [0.25, 0.3) is 0 Å². The van der Waals surface area contributed by atoms with E-state index in [9.17, 15) is 21.6 Å². The number of H-pyrrole nitrogens is 1. The highest BCUT2D eigenvalue weighted by Gasteiger charge is 2.32. The van der Waals surface area contributed by atoms with Crippen LogP contribution in [-0.4, -0.2) is 18.4 Å². The van der Waals surface area contributed by atoms with Gasteiger partial charge in [0.25, 0.3) is 0 Å². The number of benzene rings is 1. The fourth-order valence-corrected chi connectivity index (χ4v) is 2.96. The molecule has 1 unspecified atom stereocenters. The molecule has 2 N–H and O–H groups in total. The monoisotopic (exact) mass is 319 g/mol. The van der Waals surface area contributed by atoms with Gasteiger partial charge in [0.2, 0.25) is 10.0 Å². The summed E-state index contributed by atoms with van der Waals surface area (Å²) in [5.41, 5.74) is -1.02. The number of hydrogen-bond donors (Lipinski definition) is 2. The van der Waals surface area contributed by atoms with Gasteiger partial charge in [0.15, 0.2) is 0 Å². The number of imidazole rings is 1. The molecule has 0 aliphatic heterocycles. The van der Waals surface area contributed by atoms with Gasteiger partial charge < -0.3 is 4.98 Å². The zero-order chi connectivity index (χ0) is 15.7. The van der Waals surface area contributed by atoms with Gasteiger partial charge in [-0.3, -0.25) is 0 Å². The molecule has 1 aromatic carbocycles. The second-order valence-electron chi connectivity index (χ2n) is 4.34. The van der Waals surface area contributed by atoms with Crippen molar-refractivity contribution in [1.82, 2.24) is 14.7 Å². The Kier molecular flexibility index (Phi) is 4.06. The van der Waals surface area contributed by atoms with E-state index in [0.717, 1.165) is 18.2 Å². The first-order valence-electron chi connectivity index (χ1n) is 5.89. The molecule has 0 saturated carbocycles. The lowest BCUT2D eigenvalue weighted by molar-refractivity contribution is -0.137. The lowest BCUT2D eigenvalue weighted by Crippen LogP contribution is -2.27. The Morgan fingerprint density at radius 3 is 2.62 bits per heavy atom. The molecule has 5 nitrogen and oxygen atoms in total. The van der Waals surface area contributed by atoms with E-state index in [1.807, 2.05) is 0 Å². The molecule has 114 valence electrons. The number of hydrogen-bond acceptors (Lipinski definition) is 3. The molecular weight excluding hydrogens is 307 g/mol. The highest BCUT2D eigenvalue weighted by molar-refractivity contribution is 7.89. The molecule has 2 rings (SSSR count). The van der Waals surface area contributed by atoms with Crippen molar-refractivity contribution in [1.29, 1.82) is 0 Å². The Bertz CT molecular complexity index is 712. The fraction of sp³-hybridized carbons (Fsp3) is 0.250. The number of alkyl halides is 3. The van der Waals surface area contributed by atoms with E-state index in [0.29, 0.717) is 11.9 Å². The largest absolute Gasteiger partial charge is 0.416 e. The van der Waals surface area contributed by atoms with Gasteiger partial charge in [-0.1, -0.05) is 6.07 Å².